The zero-order chi connectivity index (χ0) is 13.3. The Balaban J connectivity index is 2.21. The van der Waals surface area contributed by atoms with Crippen molar-refractivity contribution in [2.24, 2.45) is 7.05 Å². The van der Waals surface area contributed by atoms with Crippen molar-refractivity contribution in [2.45, 2.75) is 6.92 Å². The Bertz CT molecular complexity index is 604. The summed E-state index contributed by atoms with van der Waals surface area (Å²) >= 11 is 0. The van der Waals surface area contributed by atoms with Gasteiger partial charge in [0.1, 0.15) is 11.5 Å². The van der Waals surface area contributed by atoms with Crippen LogP contribution < -0.4 is 11.1 Å². The predicted octanol–water partition coefficient (Wildman–Crippen LogP) is 2.31. The fourth-order valence-corrected chi connectivity index (χ4v) is 1.68. The molecule has 0 fully saturated rings. The molecule has 18 heavy (non-hydrogen) atoms. The number of hydrogen-bond acceptors (Lipinski definition) is 2. The molecular weight excluding hydrogens is 233 g/mol. The van der Waals surface area contributed by atoms with Crippen LogP contribution in [0.3, 0.4) is 0 Å². The summed E-state index contributed by atoms with van der Waals surface area (Å²) in [5.74, 6) is -0.670. The number of hydrogen-bond donors (Lipinski definition) is 2. The molecule has 0 radical (unpaired) electrons. The minimum absolute atomic E-state index is 0.322. The molecule has 0 atom stereocenters. The van der Waals surface area contributed by atoms with Crippen LogP contribution in [0, 0.1) is 12.7 Å². The lowest BCUT2D eigenvalue weighted by Crippen LogP contribution is -2.15. The maximum Gasteiger partial charge on any atom is 0.272 e. The number of nitrogens with zero attached hydrogens (tertiary/aromatic N) is 1. The van der Waals surface area contributed by atoms with Crippen LogP contribution in [-0.2, 0) is 7.05 Å². The predicted molar refractivity (Wildman–Crippen MR) is 68.9 cm³/mol. The topological polar surface area (TPSA) is 60.1 Å². The molecule has 0 bridgehead atoms. The highest BCUT2D eigenvalue weighted by molar-refractivity contribution is 6.03. The molecule has 0 spiro atoms. The fourth-order valence-electron chi connectivity index (χ4n) is 1.68. The molecule has 0 aliphatic rings. The maximum atomic E-state index is 13.3. The van der Waals surface area contributed by atoms with Crippen molar-refractivity contribution in [1.29, 1.82) is 0 Å². The molecule has 0 aliphatic carbocycles. The number of benzene rings is 1. The minimum Gasteiger partial charge on any atom is -0.397 e. The first-order valence-electron chi connectivity index (χ1n) is 5.46. The number of aromatic nitrogens is 1. The lowest BCUT2D eigenvalue weighted by atomic mass is 10.2. The molecule has 2 aromatic rings. The van der Waals surface area contributed by atoms with E-state index in [4.69, 9.17) is 5.73 Å². The van der Waals surface area contributed by atoms with Gasteiger partial charge in [-0.2, -0.15) is 0 Å². The lowest BCUT2D eigenvalue weighted by molar-refractivity contribution is 0.101. The van der Waals surface area contributed by atoms with Gasteiger partial charge in [-0.15, -0.1) is 0 Å². The smallest absolute Gasteiger partial charge is 0.272 e. The van der Waals surface area contributed by atoms with Crippen molar-refractivity contribution in [2.75, 3.05) is 11.1 Å². The molecule has 3 N–H and O–H groups in total. The average molecular weight is 247 g/mol. The third-order valence-corrected chi connectivity index (χ3v) is 2.69. The van der Waals surface area contributed by atoms with Gasteiger partial charge in [0, 0.05) is 18.9 Å². The summed E-state index contributed by atoms with van der Waals surface area (Å²) < 4.78 is 15.0. The molecule has 1 aromatic carbocycles. The highest BCUT2D eigenvalue weighted by atomic mass is 19.1. The molecule has 0 aliphatic heterocycles. The summed E-state index contributed by atoms with van der Waals surface area (Å²) in [7, 11) is 1.72. The molecule has 1 amide bonds. The molecular formula is C13H14FN3O. The van der Waals surface area contributed by atoms with Gasteiger partial charge in [0.05, 0.1) is 5.69 Å². The van der Waals surface area contributed by atoms with Gasteiger partial charge < -0.3 is 15.6 Å². The number of aryl methyl sites for hydroxylation is 2. The number of halogens is 1. The standard InChI is InChI=1S/C13H14FN3O/c1-8-3-4-10(6-11(8)14)16-13(18)12-5-9(15)7-17(12)2/h3-7H,15H2,1-2H3,(H,16,18). The number of amides is 1. The van der Waals surface area contributed by atoms with Gasteiger partial charge in [0.2, 0.25) is 0 Å². The van der Waals surface area contributed by atoms with Crippen LogP contribution in [0.2, 0.25) is 0 Å². The van der Waals surface area contributed by atoms with Crippen LogP contribution >= 0.6 is 0 Å². The second kappa shape index (κ2) is 4.52. The molecule has 5 heteroatoms. The highest BCUT2D eigenvalue weighted by Gasteiger charge is 2.11. The molecule has 4 nitrogen and oxygen atoms in total. The number of rotatable bonds is 2. The third kappa shape index (κ3) is 2.34. The van der Waals surface area contributed by atoms with E-state index in [9.17, 15) is 9.18 Å². The van der Waals surface area contributed by atoms with E-state index in [0.29, 0.717) is 22.6 Å². The Hall–Kier alpha value is -2.30. The normalized spacial score (nSPS) is 10.4. The minimum atomic E-state index is -0.348. The Morgan fingerprint density at radius 1 is 1.39 bits per heavy atom. The van der Waals surface area contributed by atoms with Crippen LogP contribution in [0.5, 0.6) is 0 Å². The van der Waals surface area contributed by atoms with Crippen LogP contribution in [-0.4, -0.2) is 10.5 Å². The summed E-state index contributed by atoms with van der Waals surface area (Å²) in [6.07, 6.45) is 1.64. The van der Waals surface area contributed by atoms with Crippen LogP contribution in [0.1, 0.15) is 16.1 Å². The van der Waals surface area contributed by atoms with Gasteiger partial charge in [-0.3, -0.25) is 4.79 Å². The number of nitrogens with one attached hydrogen (secondary N) is 1. The van der Waals surface area contributed by atoms with Crippen molar-refractivity contribution in [3.63, 3.8) is 0 Å². The van der Waals surface area contributed by atoms with Crippen molar-refractivity contribution in [1.82, 2.24) is 4.57 Å². The third-order valence-electron chi connectivity index (χ3n) is 2.69. The number of nitrogens with two attached hydrogens (primary N) is 1. The van der Waals surface area contributed by atoms with E-state index in [1.54, 1.807) is 42.9 Å². The first kappa shape index (κ1) is 12.2. The number of nitrogen functional groups attached to an aromatic ring is 1. The van der Waals surface area contributed by atoms with E-state index < -0.39 is 0 Å². The van der Waals surface area contributed by atoms with Gasteiger partial charge >= 0.3 is 0 Å². The first-order chi connectivity index (χ1) is 8.47. The van der Waals surface area contributed by atoms with Gasteiger partial charge in [0.25, 0.3) is 5.91 Å². The van der Waals surface area contributed by atoms with E-state index >= 15 is 0 Å². The van der Waals surface area contributed by atoms with E-state index in [-0.39, 0.29) is 11.7 Å². The first-order valence-corrected chi connectivity index (χ1v) is 5.46. The van der Waals surface area contributed by atoms with E-state index in [1.165, 1.54) is 6.07 Å². The van der Waals surface area contributed by atoms with Crippen LogP contribution in [0.4, 0.5) is 15.8 Å². The monoisotopic (exact) mass is 247 g/mol. The molecule has 1 heterocycles. The van der Waals surface area contributed by atoms with Crippen molar-refractivity contribution >= 4 is 17.3 Å². The zero-order valence-corrected chi connectivity index (χ0v) is 10.2. The molecule has 0 saturated heterocycles. The molecule has 1 aromatic heterocycles. The van der Waals surface area contributed by atoms with Gasteiger partial charge in [-0.25, -0.2) is 4.39 Å². The summed E-state index contributed by atoms with van der Waals surface area (Å²) in [5, 5.41) is 2.63. The summed E-state index contributed by atoms with van der Waals surface area (Å²) in [4.78, 5) is 11.9. The molecule has 2 rings (SSSR count). The Kier molecular flexibility index (Phi) is 3.06. The van der Waals surface area contributed by atoms with Gasteiger partial charge in [0.15, 0.2) is 0 Å². The Morgan fingerprint density at radius 3 is 2.67 bits per heavy atom. The molecule has 0 saturated carbocycles. The largest absolute Gasteiger partial charge is 0.397 e. The summed E-state index contributed by atoms with van der Waals surface area (Å²) in [6, 6.07) is 6.13. The van der Waals surface area contributed by atoms with Crippen LogP contribution in [0.15, 0.2) is 30.5 Å². The lowest BCUT2D eigenvalue weighted by Gasteiger charge is -2.06. The zero-order valence-electron chi connectivity index (χ0n) is 10.2. The van der Waals surface area contributed by atoms with E-state index in [2.05, 4.69) is 5.32 Å². The Morgan fingerprint density at radius 2 is 2.11 bits per heavy atom. The second-order valence-corrected chi connectivity index (χ2v) is 4.19. The Labute approximate surface area is 104 Å². The summed E-state index contributed by atoms with van der Waals surface area (Å²) in [6.45, 7) is 1.67. The summed E-state index contributed by atoms with van der Waals surface area (Å²) in [5.41, 5.74) is 7.49. The average Bonchev–Trinajstić information content (AvgIpc) is 2.63. The van der Waals surface area contributed by atoms with E-state index in [0.717, 1.165) is 0 Å². The number of anilines is 2. The van der Waals surface area contributed by atoms with Crippen LogP contribution in [0.25, 0.3) is 0 Å². The SMILES string of the molecule is Cc1ccc(NC(=O)c2cc(N)cn2C)cc1F. The molecule has 94 valence electrons. The second-order valence-electron chi connectivity index (χ2n) is 4.19. The van der Waals surface area contributed by atoms with Gasteiger partial charge in [-0.05, 0) is 30.7 Å². The van der Waals surface area contributed by atoms with Gasteiger partial charge in [-0.1, -0.05) is 6.07 Å². The van der Waals surface area contributed by atoms with Crippen molar-refractivity contribution in [3.8, 4) is 0 Å². The number of carbonyl (C=O) groups excluding carboxylic acids is 1. The maximum absolute atomic E-state index is 13.3. The fraction of sp³-hybridized carbons (Fsp3) is 0.154. The molecule has 0 unspecified atom stereocenters. The quantitative estimate of drug-likeness (QED) is 0.855. The van der Waals surface area contributed by atoms with E-state index in [1.807, 2.05) is 0 Å². The highest BCUT2D eigenvalue weighted by Crippen LogP contribution is 2.16. The number of carbonyl (C=O) groups is 1. The van der Waals surface area contributed by atoms with Crippen molar-refractivity contribution in [3.05, 3.63) is 47.5 Å². The van der Waals surface area contributed by atoms with Crippen molar-refractivity contribution < 1.29 is 9.18 Å².